The van der Waals surface area contributed by atoms with Gasteiger partial charge in [-0.3, -0.25) is 0 Å². The topological polar surface area (TPSA) is 26.0 Å². The SMILES string of the molecule is Cc1cc(C(N)C2CCCC(C)C2)ccc1F. The average molecular weight is 235 g/mol. The third kappa shape index (κ3) is 2.86. The van der Waals surface area contributed by atoms with E-state index in [-0.39, 0.29) is 11.9 Å². The fourth-order valence-electron chi connectivity index (χ4n) is 2.95. The van der Waals surface area contributed by atoms with Gasteiger partial charge in [0.15, 0.2) is 0 Å². The van der Waals surface area contributed by atoms with Gasteiger partial charge in [-0.25, -0.2) is 4.39 Å². The summed E-state index contributed by atoms with van der Waals surface area (Å²) in [6.45, 7) is 4.10. The molecule has 0 radical (unpaired) electrons. The summed E-state index contributed by atoms with van der Waals surface area (Å²) in [7, 11) is 0. The van der Waals surface area contributed by atoms with Crippen molar-refractivity contribution in [3.05, 3.63) is 35.1 Å². The van der Waals surface area contributed by atoms with E-state index in [0.29, 0.717) is 11.5 Å². The Balaban J connectivity index is 2.12. The van der Waals surface area contributed by atoms with Gasteiger partial charge in [0.1, 0.15) is 5.82 Å². The maximum atomic E-state index is 13.2. The highest BCUT2D eigenvalue weighted by atomic mass is 19.1. The fourth-order valence-corrected chi connectivity index (χ4v) is 2.95. The zero-order valence-electron chi connectivity index (χ0n) is 10.7. The second-order valence-corrected chi connectivity index (χ2v) is 5.57. The number of benzene rings is 1. The standard InChI is InChI=1S/C15H22FN/c1-10-4-3-5-12(8-10)15(17)13-6-7-14(16)11(2)9-13/h6-7,9-10,12,15H,3-5,8,17H2,1-2H3. The highest BCUT2D eigenvalue weighted by molar-refractivity contribution is 5.26. The molecule has 0 bridgehead atoms. The summed E-state index contributed by atoms with van der Waals surface area (Å²) in [6.07, 6.45) is 5.02. The van der Waals surface area contributed by atoms with Crippen LogP contribution in [0.3, 0.4) is 0 Å². The summed E-state index contributed by atoms with van der Waals surface area (Å²) >= 11 is 0. The monoisotopic (exact) mass is 235 g/mol. The van der Waals surface area contributed by atoms with Gasteiger partial charge in [0.05, 0.1) is 0 Å². The molecule has 94 valence electrons. The molecule has 1 saturated carbocycles. The molecule has 0 heterocycles. The molecule has 2 N–H and O–H groups in total. The van der Waals surface area contributed by atoms with Crippen molar-refractivity contribution in [3.63, 3.8) is 0 Å². The quantitative estimate of drug-likeness (QED) is 0.825. The summed E-state index contributed by atoms with van der Waals surface area (Å²) in [4.78, 5) is 0. The van der Waals surface area contributed by atoms with E-state index in [2.05, 4.69) is 6.92 Å². The summed E-state index contributed by atoms with van der Waals surface area (Å²) in [6, 6.07) is 5.35. The van der Waals surface area contributed by atoms with Crippen LogP contribution in [0.25, 0.3) is 0 Å². The van der Waals surface area contributed by atoms with Crippen molar-refractivity contribution in [2.24, 2.45) is 17.6 Å². The van der Waals surface area contributed by atoms with Crippen LogP contribution in [-0.4, -0.2) is 0 Å². The van der Waals surface area contributed by atoms with E-state index in [1.807, 2.05) is 12.1 Å². The van der Waals surface area contributed by atoms with E-state index < -0.39 is 0 Å². The van der Waals surface area contributed by atoms with Gasteiger partial charge in [-0.1, -0.05) is 31.9 Å². The minimum atomic E-state index is -0.141. The van der Waals surface area contributed by atoms with Crippen molar-refractivity contribution in [2.75, 3.05) is 0 Å². The van der Waals surface area contributed by atoms with Crippen molar-refractivity contribution in [3.8, 4) is 0 Å². The number of halogens is 1. The first kappa shape index (κ1) is 12.6. The predicted octanol–water partition coefficient (Wildman–Crippen LogP) is 3.96. The minimum Gasteiger partial charge on any atom is -0.324 e. The number of rotatable bonds is 2. The van der Waals surface area contributed by atoms with Crippen LogP contribution in [0.15, 0.2) is 18.2 Å². The summed E-state index contributed by atoms with van der Waals surface area (Å²) < 4.78 is 13.2. The van der Waals surface area contributed by atoms with E-state index in [0.717, 1.165) is 11.5 Å². The van der Waals surface area contributed by atoms with Gasteiger partial charge in [-0.15, -0.1) is 0 Å². The molecule has 0 aliphatic heterocycles. The van der Waals surface area contributed by atoms with Gasteiger partial charge in [-0.2, -0.15) is 0 Å². The largest absolute Gasteiger partial charge is 0.324 e. The maximum absolute atomic E-state index is 13.2. The summed E-state index contributed by atoms with van der Waals surface area (Å²) in [5, 5.41) is 0. The maximum Gasteiger partial charge on any atom is 0.126 e. The van der Waals surface area contributed by atoms with E-state index in [1.165, 1.54) is 31.7 Å². The number of nitrogens with two attached hydrogens (primary N) is 1. The molecule has 1 aliphatic rings. The molecule has 3 atom stereocenters. The van der Waals surface area contributed by atoms with Crippen molar-refractivity contribution in [1.29, 1.82) is 0 Å². The normalized spacial score (nSPS) is 26.8. The molecule has 1 aromatic carbocycles. The molecule has 0 aromatic heterocycles. The molecule has 1 nitrogen and oxygen atoms in total. The molecule has 17 heavy (non-hydrogen) atoms. The Morgan fingerprint density at radius 1 is 1.35 bits per heavy atom. The number of hydrogen-bond acceptors (Lipinski definition) is 1. The molecule has 3 unspecified atom stereocenters. The number of hydrogen-bond donors (Lipinski definition) is 1. The Labute approximate surface area is 103 Å². The molecule has 0 spiro atoms. The van der Waals surface area contributed by atoms with Crippen molar-refractivity contribution in [1.82, 2.24) is 0 Å². The first-order valence-electron chi connectivity index (χ1n) is 6.59. The molecular formula is C15H22FN. The second-order valence-electron chi connectivity index (χ2n) is 5.57. The van der Waals surface area contributed by atoms with E-state index in [1.54, 1.807) is 6.92 Å². The zero-order valence-corrected chi connectivity index (χ0v) is 10.7. The van der Waals surface area contributed by atoms with Crippen molar-refractivity contribution in [2.45, 2.75) is 45.6 Å². The molecule has 2 rings (SSSR count). The molecule has 1 fully saturated rings. The van der Waals surface area contributed by atoms with E-state index in [9.17, 15) is 4.39 Å². The Morgan fingerprint density at radius 3 is 2.76 bits per heavy atom. The van der Waals surface area contributed by atoms with Crippen LogP contribution in [0.4, 0.5) is 4.39 Å². The Kier molecular flexibility index (Phi) is 3.82. The molecular weight excluding hydrogens is 213 g/mol. The average Bonchev–Trinajstić information content (AvgIpc) is 2.32. The molecule has 1 aliphatic carbocycles. The molecule has 0 saturated heterocycles. The van der Waals surface area contributed by atoms with Gasteiger partial charge in [0.25, 0.3) is 0 Å². The van der Waals surface area contributed by atoms with Gasteiger partial charge in [-0.05, 0) is 48.8 Å². The molecule has 1 aromatic rings. The van der Waals surface area contributed by atoms with Crippen LogP contribution in [0, 0.1) is 24.6 Å². The Bertz CT molecular complexity index is 389. The van der Waals surface area contributed by atoms with Crippen LogP contribution < -0.4 is 5.73 Å². The highest BCUT2D eigenvalue weighted by Gasteiger charge is 2.25. The minimum absolute atomic E-state index is 0.0667. The zero-order chi connectivity index (χ0) is 12.4. The van der Waals surface area contributed by atoms with Crippen molar-refractivity contribution < 1.29 is 4.39 Å². The number of aryl methyl sites for hydroxylation is 1. The molecule has 0 amide bonds. The van der Waals surface area contributed by atoms with Gasteiger partial charge < -0.3 is 5.73 Å². The van der Waals surface area contributed by atoms with Crippen LogP contribution in [0.1, 0.15) is 49.8 Å². The lowest BCUT2D eigenvalue weighted by atomic mass is 9.77. The van der Waals surface area contributed by atoms with Gasteiger partial charge >= 0.3 is 0 Å². The summed E-state index contributed by atoms with van der Waals surface area (Å²) in [5.41, 5.74) is 8.11. The second kappa shape index (κ2) is 5.18. The first-order chi connectivity index (χ1) is 8.08. The van der Waals surface area contributed by atoms with Crippen LogP contribution in [-0.2, 0) is 0 Å². The predicted molar refractivity (Wildman–Crippen MR) is 69.2 cm³/mol. The Morgan fingerprint density at radius 2 is 2.12 bits per heavy atom. The fraction of sp³-hybridized carbons (Fsp3) is 0.600. The van der Waals surface area contributed by atoms with Crippen molar-refractivity contribution >= 4 is 0 Å². The molecule has 2 heteroatoms. The van der Waals surface area contributed by atoms with Crippen LogP contribution in [0.5, 0.6) is 0 Å². The van der Waals surface area contributed by atoms with E-state index >= 15 is 0 Å². The first-order valence-corrected chi connectivity index (χ1v) is 6.59. The lowest BCUT2D eigenvalue weighted by Crippen LogP contribution is -2.26. The Hall–Kier alpha value is -0.890. The van der Waals surface area contributed by atoms with Gasteiger partial charge in [0.2, 0.25) is 0 Å². The highest BCUT2D eigenvalue weighted by Crippen LogP contribution is 2.36. The summed E-state index contributed by atoms with van der Waals surface area (Å²) in [5.74, 6) is 1.20. The third-order valence-corrected chi connectivity index (χ3v) is 4.05. The van der Waals surface area contributed by atoms with E-state index in [4.69, 9.17) is 5.73 Å². The van der Waals surface area contributed by atoms with Gasteiger partial charge in [0, 0.05) is 6.04 Å². The lowest BCUT2D eigenvalue weighted by Gasteiger charge is -2.31. The third-order valence-electron chi connectivity index (χ3n) is 4.05. The van der Waals surface area contributed by atoms with Crippen LogP contribution in [0.2, 0.25) is 0 Å². The smallest absolute Gasteiger partial charge is 0.126 e. The van der Waals surface area contributed by atoms with Crippen LogP contribution >= 0.6 is 0 Å². The lowest BCUT2D eigenvalue weighted by molar-refractivity contribution is 0.248.